The number of carbonyl (C=O) groups excluding carboxylic acids is 1. The van der Waals surface area contributed by atoms with Gasteiger partial charge in [0.1, 0.15) is 11.4 Å². The first-order chi connectivity index (χ1) is 12.0. The van der Waals surface area contributed by atoms with Crippen LogP contribution in [0.2, 0.25) is 0 Å². The molecule has 0 unspecified atom stereocenters. The number of nitrogens with zero attached hydrogens (tertiary/aromatic N) is 2. The van der Waals surface area contributed by atoms with E-state index in [4.69, 9.17) is 4.42 Å². The predicted octanol–water partition coefficient (Wildman–Crippen LogP) is 3.80. The Morgan fingerprint density at radius 1 is 1.24 bits per heavy atom. The second-order valence-electron chi connectivity index (χ2n) is 6.94. The van der Waals surface area contributed by atoms with Gasteiger partial charge in [0.15, 0.2) is 5.89 Å². The molecule has 1 aromatic heterocycles. The monoisotopic (exact) mass is 344 g/mol. The molecule has 1 aromatic carbocycles. The molecule has 2 aromatic rings. The van der Waals surface area contributed by atoms with Gasteiger partial charge in [-0.15, -0.1) is 0 Å². The van der Waals surface area contributed by atoms with Crippen LogP contribution in [-0.4, -0.2) is 34.5 Å². The van der Waals surface area contributed by atoms with Crippen molar-refractivity contribution >= 4 is 5.91 Å². The minimum absolute atomic E-state index is 0.0512. The lowest BCUT2D eigenvalue weighted by Gasteiger charge is -2.36. The summed E-state index contributed by atoms with van der Waals surface area (Å²) in [4.78, 5) is 18.4. The highest BCUT2D eigenvalue weighted by molar-refractivity contribution is 5.76. The van der Waals surface area contributed by atoms with Crippen LogP contribution in [0.25, 0.3) is 0 Å². The normalized spacial score (nSPS) is 16.8. The topological polar surface area (TPSA) is 46.3 Å². The fourth-order valence-corrected chi connectivity index (χ4v) is 3.31. The fourth-order valence-electron chi connectivity index (χ4n) is 3.31. The Labute approximate surface area is 148 Å². The smallest absolute Gasteiger partial charge is 0.223 e. The van der Waals surface area contributed by atoms with Crippen molar-refractivity contribution in [3.63, 3.8) is 0 Å². The van der Waals surface area contributed by atoms with Crippen molar-refractivity contribution in [1.29, 1.82) is 0 Å². The van der Waals surface area contributed by atoms with Crippen LogP contribution in [-0.2, 0) is 17.6 Å². The summed E-state index contributed by atoms with van der Waals surface area (Å²) in [6, 6.07) is 9.72. The van der Waals surface area contributed by atoms with Crippen LogP contribution in [0.3, 0.4) is 0 Å². The van der Waals surface area contributed by atoms with E-state index in [0.717, 1.165) is 17.0 Å². The van der Waals surface area contributed by atoms with E-state index in [1.165, 1.54) is 0 Å². The van der Waals surface area contributed by atoms with Gasteiger partial charge >= 0.3 is 0 Å². The van der Waals surface area contributed by atoms with Gasteiger partial charge in [-0.3, -0.25) is 4.79 Å². The third-order valence-corrected chi connectivity index (χ3v) is 5.00. The number of aryl methyl sites for hydroxylation is 3. The van der Waals surface area contributed by atoms with Crippen molar-refractivity contribution in [2.45, 2.75) is 51.6 Å². The van der Waals surface area contributed by atoms with Gasteiger partial charge in [0.05, 0.1) is 5.69 Å². The summed E-state index contributed by atoms with van der Waals surface area (Å²) in [7, 11) is 0. The van der Waals surface area contributed by atoms with Gasteiger partial charge in [0.2, 0.25) is 5.91 Å². The van der Waals surface area contributed by atoms with Gasteiger partial charge in [0, 0.05) is 32.4 Å². The van der Waals surface area contributed by atoms with E-state index in [2.05, 4.69) is 4.98 Å². The minimum atomic E-state index is -1.21. The Morgan fingerprint density at radius 3 is 2.52 bits per heavy atom. The summed E-state index contributed by atoms with van der Waals surface area (Å²) in [6.07, 6.45) is 2.06. The molecule has 1 aliphatic heterocycles. The number of benzene rings is 1. The zero-order chi connectivity index (χ0) is 17.9. The summed E-state index contributed by atoms with van der Waals surface area (Å²) in [6.45, 7) is 4.71. The fraction of sp³-hybridized carbons (Fsp3) is 0.500. The van der Waals surface area contributed by atoms with Crippen LogP contribution >= 0.6 is 0 Å². The molecule has 2 heterocycles. The second kappa shape index (κ2) is 7.38. The molecule has 0 bridgehead atoms. The van der Waals surface area contributed by atoms with E-state index in [-0.39, 0.29) is 5.91 Å². The SMILES string of the molecule is Cc1nc(CCC(=O)N2CCC(F)(Cc3ccccc3)CC2)oc1C. The third kappa shape index (κ3) is 4.47. The average Bonchev–Trinajstić information content (AvgIpc) is 2.92. The summed E-state index contributed by atoms with van der Waals surface area (Å²) in [5.41, 5.74) is 0.664. The highest BCUT2D eigenvalue weighted by Gasteiger charge is 2.35. The Balaban J connectivity index is 1.48. The number of likely N-dealkylation sites (tertiary alicyclic amines) is 1. The summed E-state index contributed by atoms with van der Waals surface area (Å²) >= 11 is 0. The van der Waals surface area contributed by atoms with E-state index in [1.54, 1.807) is 4.90 Å². The largest absolute Gasteiger partial charge is 0.446 e. The van der Waals surface area contributed by atoms with Crippen LogP contribution < -0.4 is 0 Å². The Kier molecular flexibility index (Phi) is 5.21. The molecular weight excluding hydrogens is 319 g/mol. The van der Waals surface area contributed by atoms with Crippen molar-refractivity contribution in [3.8, 4) is 0 Å². The summed E-state index contributed by atoms with van der Waals surface area (Å²) < 4.78 is 20.5. The van der Waals surface area contributed by atoms with E-state index in [1.807, 2.05) is 44.2 Å². The maximum atomic E-state index is 15.0. The molecule has 3 rings (SSSR count). The molecule has 0 saturated carbocycles. The number of aromatic nitrogens is 1. The standard InChI is InChI=1S/C20H25FN2O2/c1-15-16(2)25-18(22-15)8-9-19(24)23-12-10-20(21,11-13-23)14-17-6-4-3-5-7-17/h3-7H,8-14H2,1-2H3. The lowest BCUT2D eigenvalue weighted by atomic mass is 9.87. The molecule has 0 radical (unpaired) electrons. The molecule has 25 heavy (non-hydrogen) atoms. The molecule has 1 fully saturated rings. The quantitative estimate of drug-likeness (QED) is 0.829. The molecule has 0 spiro atoms. The second-order valence-corrected chi connectivity index (χ2v) is 6.94. The molecule has 0 aliphatic carbocycles. The third-order valence-electron chi connectivity index (χ3n) is 5.00. The molecule has 134 valence electrons. The van der Waals surface area contributed by atoms with Crippen molar-refractivity contribution in [3.05, 3.63) is 53.2 Å². The lowest BCUT2D eigenvalue weighted by molar-refractivity contribution is -0.133. The number of carbonyl (C=O) groups is 1. The van der Waals surface area contributed by atoms with Crippen LogP contribution in [0.15, 0.2) is 34.7 Å². The molecule has 1 saturated heterocycles. The highest BCUT2D eigenvalue weighted by Crippen LogP contribution is 2.30. The number of hydrogen-bond donors (Lipinski definition) is 0. The molecule has 1 aliphatic rings. The molecule has 4 nitrogen and oxygen atoms in total. The van der Waals surface area contributed by atoms with Crippen molar-refractivity contribution < 1.29 is 13.6 Å². The van der Waals surface area contributed by atoms with Gasteiger partial charge in [-0.2, -0.15) is 0 Å². The summed E-state index contributed by atoms with van der Waals surface area (Å²) in [5, 5.41) is 0. The number of rotatable bonds is 5. The maximum Gasteiger partial charge on any atom is 0.223 e. The van der Waals surface area contributed by atoms with Gasteiger partial charge in [-0.05, 0) is 32.3 Å². The molecule has 0 atom stereocenters. The predicted molar refractivity (Wildman–Crippen MR) is 94.1 cm³/mol. The first kappa shape index (κ1) is 17.6. The number of halogens is 1. The summed E-state index contributed by atoms with van der Waals surface area (Å²) in [5.74, 6) is 1.45. The van der Waals surface area contributed by atoms with Crippen LogP contribution in [0.1, 0.15) is 42.2 Å². The average molecular weight is 344 g/mol. The van der Waals surface area contributed by atoms with Gasteiger partial charge < -0.3 is 9.32 Å². The van der Waals surface area contributed by atoms with Crippen LogP contribution in [0, 0.1) is 13.8 Å². The van der Waals surface area contributed by atoms with E-state index < -0.39 is 5.67 Å². The van der Waals surface area contributed by atoms with Crippen LogP contribution in [0.5, 0.6) is 0 Å². The van der Waals surface area contributed by atoms with Crippen molar-refractivity contribution in [1.82, 2.24) is 9.88 Å². The molecule has 0 N–H and O–H groups in total. The van der Waals surface area contributed by atoms with E-state index >= 15 is 4.39 Å². The van der Waals surface area contributed by atoms with Gasteiger partial charge in [-0.25, -0.2) is 9.37 Å². The number of piperidine rings is 1. The number of hydrogen-bond acceptors (Lipinski definition) is 3. The first-order valence-electron chi connectivity index (χ1n) is 8.89. The molecule has 5 heteroatoms. The minimum Gasteiger partial charge on any atom is -0.446 e. The van der Waals surface area contributed by atoms with E-state index in [0.29, 0.717) is 51.1 Å². The van der Waals surface area contributed by atoms with Gasteiger partial charge in [-0.1, -0.05) is 30.3 Å². The zero-order valence-electron chi connectivity index (χ0n) is 14.9. The van der Waals surface area contributed by atoms with Gasteiger partial charge in [0.25, 0.3) is 0 Å². The lowest BCUT2D eigenvalue weighted by Crippen LogP contribution is -2.45. The molecule has 1 amide bonds. The van der Waals surface area contributed by atoms with E-state index in [9.17, 15) is 4.79 Å². The van der Waals surface area contributed by atoms with Crippen molar-refractivity contribution in [2.24, 2.45) is 0 Å². The zero-order valence-corrected chi connectivity index (χ0v) is 14.9. The number of alkyl halides is 1. The first-order valence-corrected chi connectivity index (χ1v) is 8.89. The maximum absolute atomic E-state index is 15.0. The Hall–Kier alpha value is -2.17. The number of oxazole rings is 1. The highest BCUT2D eigenvalue weighted by atomic mass is 19.1. The molecular formula is C20H25FN2O2. The van der Waals surface area contributed by atoms with Crippen LogP contribution in [0.4, 0.5) is 4.39 Å². The number of amides is 1. The Morgan fingerprint density at radius 2 is 1.92 bits per heavy atom. The Bertz CT molecular complexity index is 699. The van der Waals surface area contributed by atoms with Crippen molar-refractivity contribution in [2.75, 3.05) is 13.1 Å².